The van der Waals surface area contributed by atoms with Gasteiger partial charge in [-0.15, -0.1) is 0 Å². The molecule has 1 aliphatic rings. The third-order valence-electron chi connectivity index (χ3n) is 4.29. The number of ether oxygens (including phenoxy) is 1. The lowest BCUT2D eigenvalue weighted by atomic mass is 9.86. The Morgan fingerprint density at radius 3 is 2.61 bits per heavy atom. The molecule has 1 heterocycles. The Morgan fingerprint density at radius 2 is 2.06 bits per heavy atom. The predicted octanol–water partition coefficient (Wildman–Crippen LogP) is 2.64. The van der Waals surface area contributed by atoms with Gasteiger partial charge in [0.1, 0.15) is 5.82 Å². The maximum atomic E-state index is 6.50. The summed E-state index contributed by atoms with van der Waals surface area (Å²) >= 11 is 0. The molecule has 1 aliphatic carbocycles. The molecule has 1 unspecified atom stereocenters. The number of methoxy groups -OCH3 is 1. The average molecular weight is 251 g/mol. The fraction of sp³-hybridized carbons (Fsp3) is 0.786. The molecule has 0 aromatic carbocycles. The Morgan fingerprint density at radius 1 is 1.39 bits per heavy atom. The molecule has 1 atom stereocenters. The Labute approximate surface area is 110 Å². The van der Waals surface area contributed by atoms with Crippen molar-refractivity contribution in [2.24, 2.45) is 5.73 Å². The molecule has 2 N–H and O–H groups in total. The number of hydrogen-bond acceptors (Lipinski definition) is 3. The van der Waals surface area contributed by atoms with Crippen LogP contribution in [0.1, 0.15) is 57.3 Å². The second-order valence-electron chi connectivity index (χ2n) is 5.23. The first kappa shape index (κ1) is 13.6. The van der Waals surface area contributed by atoms with Crippen LogP contribution in [0.2, 0.25) is 0 Å². The molecule has 1 saturated carbocycles. The van der Waals surface area contributed by atoms with Gasteiger partial charge in [0.15, 0.2) is 0 Å². The molecule has 4 heteroatoms. The molecule has 4 nitrogen and oxygen atoms in total. The number of aryl methyl sites for hydroxylation is 1. The zero-order valence-corrected chi connectivity index (χ0v) is 11.6. The fourth-order valence-corrected chi connectivity index (χ4v) is 3.07. The zero-order valence-electron chi connectivity index (χ0n) is 11.6. The van der Waals surface area contributed by atoms with E-state index in [1.807, 2.05) is 12.4 Å². The van der Waals surface area contributed by atoms with E-state index in [2.05, 4.69) is 16.5 Å². The molecule has 0 saturated heterocycles. The van der Waals surface area contributed by atoms with Crippen LogP contribution in [0.15, 0.2) is 12.4 Å². The number of hydrogen-bond donors (Lipinski definition) is 1. The van der Waals surface area contributed by atoms with Gasteiger partial charge in [-0.3, -0.25) is 0 Å². The lowest BCUT2D eigenvalue weighted by molar-refractivity contribution is -0.0468. The summed E-state index contributed by atoms with van der Waals surface area (Å²) in [7, 11) is 1.80. The number of nitrogens with two attached hydrogens (primary N) is 1. The van der Waals surface area contributed by atoms with Gasteiger partial charge in [-0.1, -0.05) is 25.7 Å². The summed E-state index contributed by atoms with van der Waals surface area (Å²) in [5, 5.41) is 0. The summed E-state index contributed by atoms with van der Waals surface area (Å²) in [6.07, 6.45) is 10.9. The third kappa shape index (κ3) is 2.45. The molecule has 0 amide bonds. The maximum Gasteiger partial charge on any atom is 0.128 e. The number of imidazole rings is 1. The summed E-state index contributed by atoms with van der Waals surface area (Å²) < 4.78 is 7.99. The number of nitrogens with zero attached hydrogens (tertiary/aromatic N) is 2. The van der Waals surface area contributed by atoms with Gasteiger partial charge < -0.3 is 15.0 Å². The summed E-state index contributed by atoms with van der Waals surface area (Å²) in [5.41, 5.74) is 6.27. The minimum absolute atomic E-state index is 0.129. The Balaban J connectivity index is 2.25. The molecule has 0 radical (unpaired) electrons. The van der Waals surface area contributed by atoms with Crippen molar-refractivity contribution >= 4 is 0 Å². The highest BCUT2D eigenvalue weighted by Crippen LogP contribution is 2.38. The first-order chi connectivity index (χ1) is 8.73. The van der Waals surface area contributed by atoms with Gasteiger partial charge in [-0.2, -0.15) is 0 Å². The van der Waals surface area contributed by atoms with Crippen molar-refractivity contribution in [1.82, 2.24) is 9.55 Å². The summed E-state index contributed by atoms with van der Waals surface area (Å²) in [6, 6.07) is -0.129. The highest BCUT2D eigenvalue weighted by atomic mass is 16.5. The van der Waals surface area contributed by atoms with Crippen LogP contribution < -0.4 is 5.73 Å². The maximum absolute atomic E-state index is 6.50. The zero-order chi connectivity index (χ0) is 13.0. The van der Waals surface area contributed by atoms with Crippen LogP contribution >= 0.6 is 0 Å². The van der Waals surface area contributed by atoms with Gasteiger partial charge in [0.05, 0.1) is 11.6 Å². The first-order valence-corrected chi connectivity index (χ1v) is 7.05. The lowest BCUT2D eigenvalue weighted by Gasteiger charge is -2.36. The van der Waals surface area contributed by atoms with Crippen molar-refractivity contribution in [3.8, 4) is 0 Å². The molecule has 18 heavy (non-hydrogen) atoms. The van der Waals surface area contributed by atoms with Gasteiger partial charge in [-0.05, 0) is 19.8 Å². The smallest absolute Gasteiger partial charge is 0.128 e. The molecular formula is C14H25N3O. The molecule has 1 fully saturated rings. The molecule has 0 spiro atoms. The minimum atomic E-state index is -0.227. The normalized spacial score (nSPS) is 21.5. The first-order valence-electron chi connectivity index (χ1n) is 7.05. The quantitative estimate of drug-likeness (QED) is 0.837. The largest absolute Gasteiger partial charge is 0.376 e. The van der Waals surface area contributed by atoms with Crippen molar-refractivity contribution in [3.63, 3.8) is 0 Å². The van der Waals surface area contributed by atoms with Crippen LogP contribution in [0.4, 0.5) is 0 Å². The van der Waals surface area contributed by atoms with E-state index in [0.717, 1.165) is 25.2 Å². The van der Waals surface area contributed by atoms with Crippen molar-refractivity contribution in [2.75, 3.05) is 7.11 Å². The third-order valence-corrected chi connectivity index (χ3v) is 4.29. The Kier molecular flexibility index (Phi) is 4.40. The molecule has 1 aromatic heterocycles. The molecule has 2 rings (SSSR count). The molecule has 1 aromatic rings. The fourth-order valence-electron chi connectivity index (χ4n) is 3.07. The van der Waals surface area contributed by atoms with Crippen LogP contribution in [0.5, 0.6) is 0 Å². The topological polar surface area (TPSA) is 53.1 Å². The summed E-state index contributed by atoms with van der Waals surface area (Å²) in [5.74, 6) is 0.959. The van der Waals surface area contributed by atoms with Gasteiger partial charge in [0, 0.05) is 26.0 Å². The van der Waals surface area contributed by atoms with E-state index < -0.39 is 0 Å². The average Bonchev–Trinajstić information content (AvgIpc) is 2.74. The van der Waals surface area contributed by atoms with E-state index in [4.69, 9.17) is 10.5 Å². The van der Waals surface area contributed by atoms with Crippen molar-refractivity contribution < 1.29 is 4.74 Å². The van der Waals surface area contributed by atoms with Crippen LogP contribution in [-0.2, 0) is 11.3 Å². The monoisotopic (exact) mass is 251 g/mol. The molecule has 0 aliphatic heterocycles. The standard InChI is InChI=1S/C14H25N3O/c1-3-17-11-10-16-13(17)12(15)14(18-2)8-6-4-5-7-9-14/h10-12H,3-9,15H2,1-2H3. The minimum Gasteiger partial charge on any atom is -0.376 e. The van der Waals surface area contributed by atoms with Crippen molar-refractivity contribution in [2.45, 2.75) is 63.6 Å². The van der Waals surface area contributed by atoms with E-state index in [1.165, 1.54) is 25.7 Å². The Bertz CT molecular complexity index is 367. The van der Waals surface area contributed by atoms with Gasteiger partial charge >= 0.3 is 0 Å². The highest BCUT2D eigenvalue weighted by Gasteiger charge is 2.39. The summed E-state index contributed by atoms with van der Waals surface area (Å²) in [4.78, 5) is 4.44. The number of aromatic nitrogens is 2. The second-order valence-corrected chi connectivity index (χ2v) is 5.23. The van der Waals surface area contributed by atoms with Gasteiger partial charge in [0.2, 0.25) is 0 Å². The molecular weight excluding hydrogens is 226 g/mol. The van der Waals surface area contributed by atoms with E-state index in [0.29, 0.717) is 0 Å². The predicted molar refractivity (Wildman–Crippen MR) is 72.3 cm³/mol. The second kappa shape index (κ2) is 5.85. The van der Waals surface area contributed by atoms with E-state index in [-0.39, 0.29) is 11.6 Å². The van der Waals surface area contributed by atoms with E-state index >= 15 is 0 Å². The molecule has 0 bridgehead atoms. The lowest BCUT2D eigenvalue weighted by Crippen LogP contribution is -2.44. The van der Waals surface area contributed by atoms with Crippen LogP contribution in [0.25, 0.3) is 0 Å². The SMILES string of the molecule is CCn1ccnc1C(N)C1(OC)CCCCCC1. The Hall–Kier alpha value is -0.870. The van der Waals surface area contributed by atoms with E-state index in [1.54, 1.807) is 7.11 Å². The van der Waals surface area contributed by atoms with Crippen molar-refractivity contribution in [3.05, 3.63) is 18.2 Å². The van der Waals surface area contributed by atoms with Crippen LogP contribution in [-0.4, -0.2) is 22.3 Å². The van der Waals surface area contributed by atoms with Crippen LogP contribution in [0, 0.1) is 0 Å². The van der Waals surface area contributed by atoms with Gasteiger partial charge in [-0.25, -0.2) is 4.98 Å². The molecule has 102 valence electrons. The highest BCUT2D eigenvalue weighted by molar-refractivity contribution is 5.07. The summed E-state index contributed by atoms with van der Waals surface area (Å²) in [6.45, 7) is 3.02. The van der Waals surface area contributed by atoms with Crippen LogP contribution in [0.3, 0.4) is 0 Å². The number of rotatable bonds is 4. The van der Waals surface area contributed by atoms with Crippen molar-refractivity contribution in [1.29, 1.82) is 0 Å². The van der Waals surface area contributed by atoms with Gasteiger partial charge in [0.25, 0.3) is 0 Å². The van der Waals surface area contributed by atoms with E-state index in [9.17, 15) is 0 Å².